The Hall–Kier alpha value is -6.68. The highest BCUT2D eigenvalue weighted by Crippen LogP contribution is 2.40. The van der Waals surface area contributed by atoms with Gasteiger partial charge in [-0.1, -0.05) is 6.08 Å². The average Bonchev–Trinajstić information content (AvgIpc) is 3.02. The van der Waals surface area contributed by atoms with Crippen LogP contribution >= 0.6 is 0 Å². The van der Waals surface area contributed by atoms with E-state index in [-0.39, 0.29) is 57.5 Å². The van der Waals surface area contributed by atoms with Crippen molar-refractivity contribution < 1.29 is 71.4 Å². The monoisotopic (exact) mass is 719 g/mol. The molecular weight excluding hydrogens is 686 g/mol. The number of rotatable bonds is 12. The molecule has 3 aromatic rings. The second kappa shape index (κ2) is 16.4. The third-order valence-electron chi connectivity index (χ3n) is 6.39. The smallest absolute Gasteiger partial charge is 0.308 e. The van der Waals surface area contributed by atoms with Crippen molar-refractivity contribution in [2.45, 2.75) is 53.4 Å². The Morgan fingerprint density at radius 3 is 1.19 bits per heavy atom. The maximum atomic E-state index is 11.9. The fraction of sp³-hybridized carbons (Fsp3) is 0.222. The van der Waals surface area contributed by atoms with Crippen LogP contribution in [-0.4, -0.2) is 47.6 Å². The van der Waals surface area contributed by atoms with Gasteiger partial charge in [-0.25, -0.2) is 0 Å². The number of benzene rings is 3. The summed E-state index contributed by atoms with van der Waals surface area (Å²) in [5, 5.41) is 0. The quantitative estimate of drug-likeness (QED) is 0.157. The number of hydrogen-bond donors (Lipinski definition) is 1. The van der Waals surface area contributed by atoms with Gasteiger partial charge in [-0.2, -0.15) is 0 Å². The Kier molecular flexibility index (Phi) is 12.0. The minimum atomic E-state index is -1.99. The highest BCUT2D eigenvalue weighted by molar-refractivity contribution is 5.76. The molecule has 0 aromatic heterocycles. The molecule has 0 saturated carbocycles. The van der Waals surface area contributed by atoms with Gasteiger partial charge in [-0.05, 0) is 42.5 Å². The van der Waals surface area contributed by atoms with E-state index in [9.17, 15) is 28.8 Å². The van der Waals surface area contributed by atoms with Crippen LogP contribution in [0.15, 0.2) is 78.6 Å². The molecule has 0 fully saturated rings. The Morgan fingerprint density at radius 2 is 0.827 bits per heavy atom. The van der Waals surface area contributed by atoms with Crippen molar-refractivity contribution in [1.29, 1.82) is 0 Å². The molecule has 3 aromatic carbocycles. The lowest BCUT2D eigenvalue weighted by molar-refractivity contribution is -0.134. The molecule has 272 valence electrons. The third kappa shape index (κ3) is 10.2. The number of esters is 6. The van der Waals surface area contributed by atoms with Gasteiger partial charge in [0.05, 0.1) is 0 Å². The molecule has 0 heterocycles. The average molecular weight is 720 g/mol. The highest BCUT2D eigenvalue weighted by atomic mass is 16.7. The van der Waals surface area contributed by atoms with Crippen LogP contribution in [0.3, 0.4) is 0 Å². The second-order valence-electron chi connectivity index (χ2n) is 10.8. The van der Waals surface area contributed by atoms with E-state index >= 15 is 0 Å². The van der Waals surface area contributed by atoms with E-state index in [0.29, 0.717) is 0 Å². The van der Waals surface area contributed by atoms with Gasteiger partial charge in [0.15, 0.2) is 34.5 Å². The van der Waals surface area contributed by atoms with Crippen molar-refractivity contribution in [2.24, 2.45) is 5.73 Å². The van der Waals surface area contributed by atoms with Crippen molar-refractivity contribution in [3.05, 3.63) is 78.6 Å². The fourth-order valence-electron chi connectivity index (χ4n) is 4.58. The van der Waals surface area contributed by atoms with Crippen LogP contribution in [0.25, 0.3) is 0 Å². The molecule has 0 bridgehead atoms. The van der Waals surface area contributed by atoms with Crippen molar-refractivity contribution in [3.63, 3.8) is 0 Å². The Labute approximate surface area is 296 Å². The first-order chi connectivity index (χ1) is 24.5. The predicted octanol–water partition coefficient (Wildman–Crippen LogP) is 4.25. The standard InChI is InChI=1S/C36H33NO15/c1-19(38)44-28-12-9-25(16-32(28)47-22(4)41)50-31-8-7-15-36(35(31)37,51-26-10-13-29(45-20(2)39)33(17-26)48-23(5)42)52-27-11-14-30(46-21(3)40)34(18-27)49-24(6)43/h7-18,35H,37H2,1-6H3. The maximum Gasteiger partial charge on any atom is 0.308 e. The Balaban J connectivity index is 1.79. The van der Waals surface area contributed by atoms with Gasteiger partial charge in [0, 0.05) is 65.8 Å². The molecule has 16 nitrogen and oxygen atoms in total. The number of allylic oxidation sites excluding steroid dienone is 2. The number of carbonyl (C=O) groups excluding carboxylic acids is 6. The van der Waals surface area contributed by atoms with Crippen LogP contribution < -0.4 is 48.4 Å². The van der Waals surface area contributed by atoms with Crippen LogP contribution in [-0.2, 0) is 28.8 Å². The van der Waals surface area contributed by atoms with Gasteiger partial charge in [0.25, 0.3) is 5.79 Å². The first kappa shape index (κ1) is 38.1. The van der Waals surface area contributed by atoms with E-state index in [1.807, 2.05) is 0 Å². The summed E-state index contributed by atoms with van der Waals surface area (Å²) in [6, 6.07) is 10.7. The molecule has 1 atom stereocenters. The van der Waals surface area contributed by atoms with E-state index < -0.39 is 47.6 Å². The van der Waals surface area contributed by atoms with Crippen molar-refractivity contribution in [3.8, 4) is 51.7 Å². The van der Waals surface area contributed by atoms with E-state index in [0.717, 1.165) is 20.8 Å². The van der Waals surface area contributed by atoms with Crippen molar-refractivity contribution >= 4 is 35.8 Å². The maximum absolute atomic E-state index is 11.9. The normalized spacial score (nSPS) is 14.1. The topological polar surface area (TPSA) is 212 Å². The Bertz CT molecular complexity index is 1900. The van der Waals surface area contributed by atoms with Crippen LogP contribution in [0.2, 0.25) is 0 Å². The van der Waals surface area contributed by atoms with Crippen LogP contribution in [0.4, 0.5) is 0 Å². The molecule has 1 unspecified atom stereocenters. The molecule has 1 aliphatic carbocycles. The summed E-state index contributed by atoms with van der Waals surface area (Å²) in [6.07, 6.45) is 4.44. The van der Waals surface area contributed by atoms with Gasteiger partial charge in [-0.3, -0.25) is 28.8 Å². The minimum Gasteiger partial charge on any atom is -0.460 e. The zero-order valence-corrected chi connectivity index (χ0v) is 28.7. The molecule has 0 amide bonds. The molecule has 0 radical (unpaired) electrons. The number of ether oxygens (including phenoxy) is 9. The highest BCUT2D eigenvalue weighted by Gasteiger charge is 2.45. The summed E-state index contributed by atoms with van der Waals surface area (Å²) in [5.41, 5.74) is 6.79. The van der Waals surface area contributed by atoms with E-state index in [1.54, 1.807) is 0 Å². The SMILES string of the molecule is CC(=O)Oc1ccc(OC2=CC=CC(Oc3ccc(OC(C)=O)c(OC(C)=O)c3)(Oc3ccc(OC(C)=O)c(OC(C)=O)c3)C2N)cc1OC(C)=O. The number of hydrogen-bond acceptors (Lipinski definition) is 16. The molecule has 0 spiro atoms. The van der Waals surface area contributed by atoms with Crippen molar-refractivity contribution in [2.75, 3.05) is 0 Å². The number of carbonyl (C=O) groups is 6. The first-order valence-corrected chi connectivity index (χ1v) is 15.3. The lowest BCUT2D eigenvalue weighted by atomic mass is 9.99. The second-order valence-corrected chi connectivity index (χ2v) is 10.8. The zero-order chi connectivity index (χ0) is 38.2. The minimum absolute atomic E-state index is 0.00752. The largest absolute Gasteiger partial charge is 0.460 e. The molecular formula is C36H33NO15. The van der Waals surface area contributed by atoms with E-state index in [1.165, 1.54) is 93.6 Å². The van der Waals surface area contributed by atoms with Gasteiger partial charge in [-0.15, -0.1) is 0 Å². The lowest BCUT2D eigenvalue weighted by Crippen LogP contribution is -2.58. The molecule has 1 aliphatic rings. The molecule has 0 aliphatic heterocycles. The molecule has 52 heavy (non-hydrogen) atoms. The molecule has 16 heteroatoms. The Morgan fingerprint density at radius 1 is 0.500 bits per heavy atom. The summed E-state index contributed by atoms with van der Waals surface area (Å²) in [7, 11) is 0. The van der Waals surface area contributed by atoms with Crippen LogP contribution in [0.5, 0.6) is 51.7 Å². The van der Waals surface area contributed by atoms with Gasteiger partial charge in [0.1, 0.15) is 29.0 Å². The summed E-state index contributed by atoms with van der Waals surface area (Å²) < 4.78 is 49.9. The zero-order valence-electron chi connectivity index (χ0n) is 28.7. The third-order valence-corrected chi connectivity index (χ3v) is 6.39. The summed E-state index contributed by atoms with van der Waals surface area (Å²) in [6.45, 7) is 6.97. The van der Waals surface area contributed by atoms with Crippen LogP contribution in [0, 0.1) is 0 Å². The van der Waals surface area contributed by atoms with Gasteiger partial charge in [0.2, 0.25) is 0 Å². The summed E-state index contributed by atoms with van der Waals surface area (Å²) in [4.78, 5) is 70.5. The molecule has 4 rings (SSSR count). The molecule has 0 saturated heterocycles. The lowest BCUT2D eigenvalue weighted by Gasteiger charge is -2.38. The van der Waals surface area contributed by atoms with Crippen LogP contribution in [0.1, 0.15) is 41.5 Å². The van der Waals surface area contributed by atoms with Crippen molar-refractivity contribution in [1.82, 2.24) is 0 Å². The predicted molar refractivity (Wildman–Crippen MR) is 177 cm³/mol. The first-order valence-electron chi connectivity index (χ1n) is 15.3. The summed E-state index contributed by atoms with van der Waals surface area (Å²) in [5.74, 6) is -6.61. The van der Waals surface area contributed by atoms with Gasteiger partial charge >= 0.3 is 35.8 Å². The van der Waals surface area contributed by atoms with Gasteiger partial charge < -0.3 is 48.4 Å². The molecule has 2 N–H and O–H groups in total. The van der Waals surface area contributed by atoms with E-state index in [2.05, 4.69) is 0 Å². The van der Waals surface area contributed by atoms with E-state index in [4.69, 9.17) is 48.4 Å². The summed E-state index contributed by atoms with van der Waals surface area (Å²) >= 11 is 0. The fourth-order valence-corrected chi connectivity index (χ4v) is 4.58. The number of nitrogens with two attached hydrogens (primary N) is 1.